The summed E-state index contributed by atoms with van der Waals surface area (Å²) in [7, 11) is -3.50. The van der Waals surface area contributed by atoms with E-state index < -0.39 is 7.82 Å². The molecule has 0 saturated carbocycles. The van der Waals surface area contributed by atoms with Crippen LogP contribution >= 0.6 is 7.82 Å². The molecule has 0 aromatic heterocycles. The van der Waals surface area contributed by atoms with Gasteiger partial charge in [0.2, 0.25) is 0 Å². The number of rotatable bonds is 29. The summed E-state index contributed by atoms with van der Waals surface area (Å²) in [4.78, 5) is 0. The highest BCUT2D eigenvalue weighted by molar-refractivity contribution is 7.48. The molecule has 0 saturated heterocycles. The average Bonchev–Trinajstić information content (AvgIpc) is 2.89. The zero-order valence-corrected chi connectivity index (χ0v) is 26.1. The monoisotopic (exact) mass is 532 g/mol. The van der Waals surface area contributed by atoms with Gasteiger partial charge in [0, 0.05) is 0 Å². The van der Waals surface area contributed by atoms with Gasteiger partial charge in [-0.15, -0.1) is 0 Å². The van der Waals surface area contributed by atoms with Gasteiger partial charge in [0.1, 0.15) is 0 Å². The molecule has 2 unspecified atom stereocenters. The van der Waals surface area contributed by atoms with E-state index in [9.17, 15) is 4.57 Å². The first-order chi connectivity index (χ1) is 17.5. The molecule has 0 aromatic carbocycles. The van der Waals surface area contributed by atoms with Gasteiger partial charge in [0.15, 0.2) is 0 Å². The van der Waals surface area contributed by atoms with Crippen molar-refractivity contribution in [3.8, 4) is 0 Å². The second-order valence-corrected chi connectivity index (χ2v) is 12.6. The Balaban J connectivity index is 4.25. The first-order valence-electron chi connectivity index (χ1n) is 16.1. The molecule has 5 heteroatoms. The number of hydrogen-bond donors (Lipinski definition) is 0. The van der Waals surface area contributed by atoms with Crippen LogP contribution in [0.5, 0.6) is 0 Å². The van der Waals surface area contributed by atoms with Gasteiger partial charge in [-0.1, -0.05) is 150 Å². The smallest absolute Gasteiger partial charge is 0.287 e. The summed E-state index contributed by atoms with van der Waals surface area (Å²) >= 11 is 0. The van der Waals surface area contributed by atoms with Crippen LogP contribution in [0, 0.1) is 11.8 Å². The summed E-state index contributed by atoms with van der Waals surface area (Å²) in [6, 6.07) is 0. The summed E-state index contributed by atoms with van der Waals surface area (Å²) < 4.78 is 31.1. The SMILES string of the molecule is CCCCCCCCCCCCCCCOP(=O)(OCC(CC)CCCC)OCC(CC)CCCC. The van der Waals surface area contributed by atoms with E-state index in [-0.39, 0.29) is 0 Å². The van der Waals surface area contributed by atoms with E-state index in [4.69, 9.17) is 13.6 Å². The molecule has 0 aliphatic rings. The van der Waals surface area contributed by atoms with Crippen LogP contribution in [0.1, 0.15) is 169 Å². The van der Waals surface area contributed by atoms with Crippen LogP contribution in [-0.4, -0.2) is 19.8 Å². The lowest BCUT2D eigenvalue weighted by Gasteiger charge is -2.23. The molecule has 36 heavy (non-hydrogen) atoms. The highest BCUT2D eigenvalue weighted by Crippen LogP contribution is 2.51. The molecular formula is C31H65O4P. The second-order valence-electron chi connectivity index (χ2n) is 10.9. The van der Waals surface area contributed by atoms with Gasteiger partial charge in [-0.05, 0) is 31.1 Å². The van der Waals surface area contributed by atoms with Crippen LogP contribution in [-0.2, 0) is 18.1 Å². The maximum absolute atomic E-state index is 13.5. The highest BCUT2D eigenvalue weighted by atomic mass is 31.2. The fourth-order valence-electron chi connectivity index (χ4n) is 4.60. The van der Waals surface area contributed by atoms with Crippen molar-refractivity contribution in [3.63, 3.8) is 0 Å². The van der Waals surface area contributed by atoms with E-state index in [1.54, 1.807) is 0 Å². The van der Waals surface area contributed by atoms with Crippen molar-refractivity contribution < 1.29 is 18.1 Å². The van der Waals surface area contributed by atoms with E-state index in [2.05, 4.69) is 34.6 Å². The zero-order chi connectivity index (χ0) is 26.7. The van der Waals surface area contributed by atoms with Gasteiger partial charge in [-0.2, -0.15) is 0 Å². The van der Waals surface area contributed by atoms with Crippen LogP contribution in [0.3, 0.4) is 0 Å². The average molecular weight is 533 g/mol. The molecule has 2 atom stereocenters. The fraction of sp³-hybridized carbons (Fsp3) is 1.00. The molecule has 0 aromatic rings. The predicted octanol–water partition coefficient (Wildman–Crippen LogP) is 11.7. The Bertz CT molecular complexity index is 461. The van der Waals surface area contributed by atoms with Crippen molar-refractivity contribution in [3.05, 3.63) is 0 Å². The third kappa shape index (κ3) is 22.1. The lowest BCUT2D eigenvalue weighted by molar-refractivity contribution is 0.0832. The molecule has 0 bridgehead atoms. The third-order valence-electron chi connectivity index (χ3n) is 7.52. The normalized spacial score (nSPS) is 15.1. The van der Waals surface area contributed by atoms with Crippen molar-refractivity contribution in [2.24, 2.45) is 11.8 Å². The first kappa shape index (κ1) is 36.1. The van der Waals surface area contributed by atoms with Crippen LogP contribution in [0.4, 0.5) is 0 Å². The topological polar surface area (TPSA) is 44.8 Å². The van der Waals surface area contributed by atoms with Gasteiger partial charge in [-0.25, -0.2) is 4.57 Å². The largest absolute Gasteiger partial charge is 0.474 e. The Morgan fingerprint density at radius 1 is 0.472 bits per heavy atom. The van der Waals surface area contributed by atoms with E-state index in [0.29, 0.717) is 31.7 Å². The number of unbranched alkanes of at least 4 members (excludes halogenated alkanes) is 14. The molecule has 218 valence electrons. The quantitative estimate of drug-likeness (QED) is 0.0709. The fourth-order valence-corrected chi connectivity index (χ4v) is 5.96. The summed E-state index contributed by atoms with van der Waals surface area (Å²) in [6.45, 7) is 12.5. The molecule has 0 N–H and O–H groups in total. The van der Waals surface area contributed by atoms with E-state index >= 15 is 0 Å². The van der Waals surface area contributed by atoms with Gasteiger partial charge >= 0.3 is 7.82 Å². The van der Waals surface area contributed by atoms with Gasteiger partial charge in [0.25, 0.3) is 0 Å². The maximum atomic E-state index is 13.5. The van der Waals surface area contributed by atoms with Crippen LogP contribution < -0.4 is 0 Å². The van der Waals surface area contributed by atoms with Crippen molar-refractivity contribution in [1.29, 1.82) is 0 Å². The molecule has 0 fully saturated rings. The van der Waals surface area contributed by atoms with Crippen LogP contribution in [0.2, 0.25) is 0 Å². The second kappa shape index (κ2) is 26.7. The molecule has 0 heterocycles. The predicted molar refractivity (Wildman–Crippen MR) is 158 cm³/mol. The number of phosphoric acid groups is 1. The van der Waals surface area contributed by atoms with Crippen LogP contribution in [0.25, 0.3) is 0 Å². The van der Waals surface area contributed by atoms with Crippen molar-refractivity contribution in [2.75, 3.05) is 19.8 Å². The molecule has 4 nitrogen and oxygen atoms in total. The van der Waals surface area contributed by atoms with Crippen molar-refractivity contribution in [1.82, 2.24) is 0 Å². The minimum Gasteiger partial charge on any atom is -0.287 e. The first-order valence-corrected chi connectivity index (χ1v) is 17.5. The Morgan fingerprint density at radius 2 is 0.833 bits per heavy atom. The zero-order valence-electron chi connectivity index (χ0n) is 25.2. The molecular weight excluding hydrogens is 467 g/mol. The van der Waals surface area contributed by atoms with Gasteiger partial charge in [-0.3, -0.25) is 13.6 Å². The minimum atomic E-state index is -3.50. The molecule has 0 amide bonds. The minimum absolute atomic E-state index is 0.420. The summed E-state index contributed by atoms with van der Waals surface area (Å²) in [5, 5.41) is 0. The van der Waals surface area contributed by atoms with E-state index in [1.807, 2.05) is 0 Å². The standard InChI is InChI=1S/C31H65O4P/c1-6-11-14-15-16-17-18-19-20-21-22-23-24-27-33-36(32,34-28-30(9-4)25-12-7-2)35-29-31(10-5)26-13-8-3/h30-31H,6-29H2,1-5H3. The maximum Gasteiger partial charge on any atom is 0.474 e. The van der Waals surface area contributed by atoms with Gasteiger partial charge in [0.05, 0.1) is 19.8 Å². The van der Waals surface area contributed by atoms with Gasteiger partial charge < -0.3 is 0 Å². The Labute approximate surface area is 227 Å². The molecule has 0 rings (SSSR count). The lowest BCUT2D eigenvalue weighted by Crippen LogP contribution is -2.14. The Kier molecular flexibility index (Phi) is 26.8. The van der Waals surface area contributed by atoms with Crippen LogP contribution in [0.15, 0.2) is 0 Å². The number of hydrogen-bond acceptors (Lipinski definition) is 4. The Morgan fingerprint density at radius 3 is 1.19 bits per heavy atom. The molecule has 0 aliphatic carbocycles. The van der Waals surface area contributed by atoms with E-state index in [0.717, 1.165) is 38.5 Å². The molecule has 0 spiro atoms. The van der Waals surface area contributed by atoms with Crippen molar-refractivity contribution in [2.45, 2.75) is 169 Å². The molecule has 0 radical (unpaired) electrons. The third-order valence-corrected chi connectivity index (χ3v) is 8.95. The lowest BCUT2D eigenvalue weighted by atomic mass is 10.0. The number of phosphoric ester groups is 1. The molecule has 0 aliphatic heterocycles. The summed E-state index contributed by atoms with van der Waals surface area (Å²) in [5.41, 5.74) is 0. The Hall–Kier alpha value is 0.110. The summed E-state index contributed by atoms with van der Waals surface area (Å²) in [6.07, 6.45) is 26.1. The van der Waals surface area contributed by atoms with Crippen molar-refractivity contribution >= 4 is 7.82 Å². The highest BCUT2D eigenvalue weighted by Gasteiger charge is 2.29. The summed E-state index contributed by atoms with van der Waals surface area (Å²) in [5.74, 6) is 0.841. The van der Waals surface area contributed by atoms with E-state index in [1.165, 1.54) is 96.3 Å².